The highest BCUT2D eigenvalue weighted by molar-refractivity contribution is 5.97. The number of carbonyl (C=O) groups excluding carboxylic acids is 1. The van der Waals surface area contributed by atoms with Crippen LogP contribution in [0.15, 0.2) is 60.9 Å². The fourth-order valence-electron chi connectivity index (χ4n) is 2.62. The van der Waals surface area contributed by atoms with Crippen LogP contribution >= 0.6 is 0 Å². The van der Waals surface area contributed by atoms with Crippen LogP contribution in [-0.4, -0.2) is 27.7 Å². The summed E-state index contributed by atoms with van der Waals surface area (Å²) in [5.74, 6) is 0.985. The molecule has 1 heterocycles. The lowest BCUT2D eigenvalue weighted by Crippen LogP contribution is -2.31. The Morgan fingerprint density at radius 1 is 1.20 bits per heavy atom. The monoisotopic (exact) mass is 337 g/mol. The van der Waals surface area contributed by atoms with Gasteiger partial charge in [-0.1, -0.05) is 24.3 Å². The molecule has 0 aliphatic rings. The average Bonchev–Trinajstić information content (AvgIpc) is 3.06. The molecule has 25 heavy (non-hydrogen) atoms. The number of nitrogens with zero attached hydrogens (tertiary/aromatic N) is 2. The van der Waals surface area contributed by atoms with Crippen LogP contribution in [0.5, 0.6) is 11.5 Å². The normalized spacial score (nSPS) is 11.8. The molecule has 1 amide bonds. The van der Waals surface area contributed by atoms with Gasteiger partial charge in [-0.05, 0) is 29.8 Å². The number of phenolic OH excluding ortho intramolecular Hbond substituents is 1. The number of benzene rings is 2. The quantitative estimate of drug-likeness (QED) is 0.750. The number of aromatic nitrogens is 2. The van der Waals surface area contributed by atoms with Crippen molar-refractivity contribution in [2.24, 2.45) is 7.05 Å². The average molecular weight is 337 g/mol. The van der Waals surface area contributed by atoms with E-state index in [4.69, 9.17) is 4.74 Å². The minimum atomic E-state index is -0.460. The van der Waals surface area contributed by atoms with Gasteiger partial charge in [-0.3, -0.25) is 4.79 Å². The summed E-state index contributed by atoms with van der Waals surface area (Å²) in [6.45, 7) is 0. The molecule has 0 saturated heterocycles. The topological polar surface area (TPSA) is 76.4 Å². The second-order valence-corrected chi connectivity index (χ2v) is 5.59. The first-order valence-corrected chi connectivity index (χ1v) is 7.80. The van der Waals surface area contributed by atoms with Crippen LogP contribution < -0.4 is 10.1 Å². The maximum Gasteiger partial charge on any atom is 0.255 e. The van der Waals surface area contributed by atoms with Gasteiger partial charge in [-0.25, -0.2) is 4.98 Å². The molecule has 2 N–H and O–H groups in total. The summed E-state index contributed by atoms with van der Waals surface area (Å²) in [6, 6.07) is 13.4. The van der Waals surface area contributed by atoms with Crippen molar-refractivity contribution in [2.45, 2.75) is 6.04 Å². The molecule has 0 aliphatic heterocycles. The number of aryl methyl sites for hydroxylation is 1. The summed E-state index contributed by atoms with van der Waals surface area (Å²) >= 11 is 0. The second kappa shape index (κ2) is 7.09. The molecule has 128 valence electrons. The summed E-state index contributed by atoms with van der Waals surface area (Å²) in [6.07, 6.45) is 3.50. The van der Waals surface area contributed by atoms with E-state index in [1.165, 1.54) is 6.07 Å². The lowest BCUT2D eigenvalue weighted by molar-refractivity contribution is 0.0938. The maximum atomic E-state index is 12.6. The smallest absolute Gasteiger partial charge is 0.255 e. The Balaban J connectivity index is 1.95. The van der Waals surface area contributed by atoms with E-state index in [2.05, 4.69) is 10.3 Å². The molecule has 6 heteroatoms. The lowest BCUT2D eigenvalue weighted by Gasteiger charge is -2.20. The molecule has 2 aromatic carbocycles. The van der Waals surface area contributed by atoms with Crippen molar-refractivity contribution in [3.63, 3.8) is 0 Å². The number of amides is 1. The van der Waals surface area contributed by atoms with Gasteiger partial charge in [0.15, 0.2) is 0 Å². The van der Waals surface area contributed by atoms with Crippen LogP contribution in [0.2, 0.25) is 0 Å². The number of aromatic hydroxyl groups is 1. The van der Waals surface area contributed by atoms with Gasteiger partial charge in [-0.2, -0.15) is 0 Å². The number of nitrogens with one attached hydrogen (secondary N) is 1. The van der Waals surface area contributed by atoms with E-state index in [1.54, 1.807) is 31.5 Å². The number of hydrogen-bond donors (Lipinski definition) is 2. The van der Waals surface area contributed by atoms with E-state index in [0.29, 0.717) is 5.82 Å². The standard InChI is InChI=1S/C19H19N3O3/c1-22-12-11-20-18(22)17(13-7-9-14(25-2)10-8-13)21-19(24)15-5-3-4-6-16(15)23/h3-12,17,23H,1-2H3,(H,21,24). The molecule has 3 rings (SSSR count). The summed E-state index contributed by atoms with van der Waals surface area (Å²) < 4.78 is 7.04. The fourth-order valence-corrected chi connectivity index (χ4v) is 2.62. The number of para-hydroxylation sites is 1. The lowest BCUT2D eigenvalue weighted by atomic mass is 10.0. The molecule has 0 radical (unpaired) electrons. The van der Waals surface area contributed by atoms with Crippen molar-refractivity contribution in [1.29, 1.82) is 0 Å². The van der Waals surface area contributed by atoms with Crippen molar-refractivity contribution in [3.8, 4) is 11.5 Å². The third kappa shape index (κ3) is 3.47. The SMILES string of the molecule is COc1ccc(C(NC(=O)c2ccccc2O)c2nccn2C)cc1. The van der Waals surface area contributed by atoms with Gasteiger partial charge in [0.05, 0.1) is 12.7 Å². The van der Waals surface area contributed by atoms with Crippen molar-refractivity contribution >= 4 is 5.91 Å². The number of methoxy groups -OCH3 is 1. The third-order valence-electron chi connectivity index (χ3n) is 3.99. The fraction of sp³-hybridized carbons (Fsp3) is 0.158. The van der Waals surface area contributed by atoms with Crippen LogP contribution in [0.4, 0.5) is 0 Å². The zero-order valence-electron chi connectivity index (χ0n) is 14.0. The zero-order chi connectivity index (χ0) is 17.8. The molecule has 0 aliphatic carbocycles. The molecule has 0 spiro atoms. The Hall–Kier alpha value is -3.28. The molecular weight excluding hydrogens is 318 g/mol. The van der Waals surface area contributed by atoms with Crippen molar-refractivity contribution in [3.05, 3.63) is 77.9 Å². The highest BCUT2D eigenvalue weighted by Gasteiger charge is 2.22. The van der Waals surface area contributed by atoms with E-state index in [1.807, 2.05) is 42.1 Å². The molecule has 1 atom stereocenters. The van der Waals surface area contributed by atoms with Gasteiger partial charge in [0.25, 0.3) is 5.91 Å². The molecule has 6 nitrogen and oxygen atoms in total. The number of imidazole rings is 1. The van der Waals surface area contributed by atoms with E-state index in [0.717, 1.165) is 11.3 Å². The zero-order valence-corrected chi connectivity index (χ0v) is 14.0. The van der Waals surface area contributed by atoms with Gasteiger partial charge in [0.2, 0.25) is 0 Å². The molecule has 0 bridgehead atoms. The van der Waals surface area contributed by atoms with E-state index < -0.39 is 6.04 Å². The summed E-state index contributed by atoms with van der Waals surface area (Å²) in [5, 5.41) is 12.9. The van der Waals surface area contributed by atoms with E-state index in [-0.39, 0.29) is 17.2 Å². The van der Waals surface area contributed by atoms with Gasteiger partial charge >= 0.3 is 0 Å². The van der Waals surface area contributed by atoms with Crippen molar-refractivity contribution in [1.82, 2.24) is 14.9 Å². The Kier molecular flexibility index (Phi) is 4.70. The number of rotatable bonds is 5. The minimum absolute atomic E-state index is 0.0617. The van der Waals surface area contributed by atoms with Crippen LogP contribution in [0.1, 0.15) is 27.8 Å². The van der Waals surface area contributed by atoms with E-state index >= 15 is 0 Å². The Labute approximate surface area is 145 Å². The highest BCUT2D eigenvalue weighted by Crippen LogP contribution is 2.24. The minimum Gasteiger partial charge on any atom is -0.507 e. The molecule has 3 aromatic rings. The largest absolute Gasteiger partial charge is 0.507 e. The Bertz CT molecular complexity index is 872. The second-order valence-electron chi connectivity index (χ2n) is 5.59. The number of hydrogen-bond acceptors (Lipinski definition) is 4. The van der Waals surface area contributed by atoms with Gasteiger partial charge < -0.3 is 19.7 Å². The summed E-state index contributed by atoms with van der Waals surface area (Å²) in [5.41, 5.74) is 1.08. The van der Waals surface area contributed by atoms with E-state index in [9.17, 15) is 9.90 Å². The molecule has 1 aromatic heterocycles. The predicted octanol–water partition coefficient (Wildman–Crippen LogP) is 2.65. The Morgan fingerprint density at radius 2 is 1.92 bits per heavy atom. The van der Waals surface area contributed by atoms with Crippen molar-refractivity contribution < 1.29 is 14.6 Å². The van der Waals surface area contributed by atoms with Crippen LogP contribution in [0.3, 0.4) is 0 Å². The maximum absolute atomic E-state index is 12.6. The Morgan fingerprint density at radius 3 is 2.52 bits per heavy atom. The first-order valence-electron chi connectivity index (χ1n) is 7.80. The molecule has 0 fully saturated rings. The van der Waals surface area contributed by atoms with Gasteiger partial charge in [0, 0.05) is 19.4 Å². The molecule has 0 saturated carbocycles. The molecule has 1 unspecified atom stereocenters. The number of ether oxygens (including phenoxy) is 1. The third-order valence-corrected chi connectivity index (χ3v) is 3.99. The number of carbonyl (C=O) groups is 1. The van der Waals surface area contributed by atoms with Crippen LogP contribution in [-0.2, 0) is 7.05 Å². The summed E-state index contributed by atoms with van der Waals surface area (Å²) in [4.78, 5) is 17.0. The molecular formula is C19H19N3O3. The number of phenols is 1. The van der Waals surface area contributed by atoms with Gasteiger partial charge in [0.1, 0.15) is 23.4 Å². The van der Waals surface area contributed by atoms with Gasteiger partial charge in [-0.15, -0.1) is 0 Å². The first-order chi connectivity index (χ1) is 12.1. The highest BCUT2D eigenvalue weighted by atomic mass is 16.5. The summed E-state index contributed by atoms with van der Waals surface area (Å²) in [7, 11) is 3.47. The van der Waals surface area contributed by atoms with Crippen LogP contribution in [0, 0.1) is 0 Å². The van der Waals surface area contributed by atoms with Crippen LogP contribution in [0.25, 0.3) is 0 Å². The predicted molar refractivity (Wildman–Crippen MR) is 93.6 cm³/mol. The van der Waals surface area contributed by atoms with Crippen molar-refractivity contribution in [2.75, 3.05) is 7.11 Å². The first kappa shape index (κ1) is 16.6.